The van der Waals surface area contributed by atoms with Crippen LogP contribution in [0.3, 0.4) is 0 Å². The molecular formula is C16H29N5O8. The van der Waals surface area contributed by atoms with Crippen molar-refractivity contribution in [2.24, 2.45) is 11.5 Å². The summed E-state index contributed by atoms with van der Waals surface area (Å²) < 4.78 is 0. The lowest BCUT2D eigenvalue weighted by Gasteiger charge is -2.22. The molecule has 29 heavy (non-hydrogen) atoms. The van der Waals surface area contributed by atoms with Crippen LogP contribution in [-0.2, 0) is 24.0 Å². The minimum Gasteiger partial charge on any atom is -0.481 e. The smallest absolute Gasteiger partial charge is 0.328 e. The summed E-state index contributed by atoms with van der Waals surface area (Å²) in [4.78, 5) is 57.9. The van der Waals surface area contributed by atoms with Gasteiger partial charge in [-0.2, -0.15) is 0 Å². The molecule has 13 nitrogen and oxygen atoms in total. The van der Waals surface area contributed by atoms with E-state index in [4.69, 9.17) is 21.7 Å². The van der Waals surface area contributed by atoms with E-state index in [0.717, 1.165) is 6.92 Å². The molecule has 0 rings (SSSR count). The van der Waals surface area contributed by atoms with Crippen LogP contribution in [-0.4, -0.2) is 82.3 Å². The second-order valence-corrected chi connectivity index (χ2v) is 6.39. The number of nitrogens with one attached hydrogen (secondary N) is 3. The summed E-state index contributed by atoms with van der Waals surface area (Å²) in [6.07, 6.45) is -0.609. The Morgan fingerprint density at radius 1 is 1.00 bits per heavy atom. The summed E-state index contributed by atoms with van der Waals surface area (Å²) in [6, 6.07) is -4.16. The summed E-state index contributed by atoms with van der Waals surface area (Å²) in [5, 5.41) is 33.6. The Labute approximate surface area is 167 Å². The second-order valence-electron chi connectivity index (χ2n) is 6.39. The lowest BCUT2D eigenvalue weighted by molar-refractivity contribution is -0.145. The highest BCUT2D eigenvalue weighted by Crippen LogP contribution is 2.00. The maximum atomic E-state index is 12.1. The number of hydrogen-bond donors (Lipinski definition) is 8. The molecule has 4 atom stereocenters. The molecule has 10 N–H and O–H groups in total. The number of nitrogens with two attached hydrogens (primary N) is 2. The molecule has 0 bridgehead atoms. The van der Waals surface area contributed by atoms with Crippen LogP contribution < -0.4 is 27.4 Å². The number of aliphatic hydroxyl groups excluding tert-OH is 1. The number of carboxylic acid groups (broad SMARTS) is 2. The van der Waals surface area contributed by atoms with Crippen molar-refractivity contribution in [1.29, 1.82) is 0 Å². The van der Waals surface area contributed by atoms with E-state index in [1.54, 1.807) is 0 Å². The van der Waals surface area contributed by atoms with Crippen molar-refractivity contribution in [3.63, 3.8) is 0 Å². The van der Waals surface area contributed by atoms with Gasteiger partial charge in [0.15, 0.2) is 6.04 Å². The average Bonchev–Trinajstić information content (AvgIpc) is 2.62. The molecule has 13 heteroatoms. The molecule has 0 saturated carbocycles. The zero-order valence-electron chi connectivity index (χ0n) is 16.1. The molecule has 0 aliphatic rings. The number of hydrogen-bond acceptors (Lipinski definition) is 8. The maximum Gasteiger partial charge on any atom is 0.328 e. The predicted octanol–water partition coefficient (Wildman–Crippen LogP) is -3.53. The summed E-state index contributed by atoms with van der Waals surface area (Å²) in [5.41, 5.74) is 11.0. The third kappa shape index (κ3) is 11.0. The van der Waals surface area contributed by atoms with Crippen molar-refractivity contribution in [2.75, 3.05) is 13.1 Å². The minimum atomic E-state index is -1.69. The first kappa shape index (κ1) is 26.2. The highest BCUT2D eigenvalue weighted by atomic mass is 16.4. The van der Waals surface area contributed by atoms with Gasteiger partial charge < -0.3 is 42.7 Å². The molecule has 0 fully saturated rings. The van der Waals surface area contributed by atoms with Crippen LogP contribution in [0.15, 0.2) is 0 Å². The molecule has 0 aliphatic heterocycles. The Morgan fingerprint density at radius 3 is 2.10 bits per heavy atom. The molecule has 0 radical (unpaired) electrons. The van der Waals surface area contributed by atoms with Gasteiger partial charge in [-0.3, -0.25) is 19.2 Å². The van der Waals surface area contributed by atoms with Crippen LogP contribution in [0.5, 0.6) is 0 Å². The molecule has 0 aromatic carbocycles. The van der Waals surface area contributed by atoms with Crippen molar-refractivity contribution in [1.82, 2.24) is 16.0 Å². The van der Waals surface area contributed by atoms with Gasteiger partial charge in [0, 0.05) is 0 Å². The molecule has 0 aromatic heterocycles. The van der Waals surface area contributed by atoms with Gasteiger partial charge >= 0.3 is 11.9 Å². The van der Waals surface area contributed by atoms with Crippen LogP contribution in [0.4, 0.5) is 0 Å². The summed E-state index contributed by atoms with van der Waals surface area (Å²) in [7, 11) is 0. The molecule has 166 valence electrons. The van der Waals surface area contributed by atoms with Crippen molar-refractivity contribution in [2.45, 2.75) is 56.8 Å². The number of carboxylic acids is 2. The van der Waals surface area contributed by atoms with E-state index >= 15 is 0 Å². The van der Waals surface area contributed by atoms with Gasteiger partial charge in [0.1, 0.15) is 6.04 Å². The highest BCUT2D eigenvalue weighted by molar-refractivity contribution is 5.94. The molecule has 3 amide bonds. The topological polar surface area (TPSA) is 234 Å². The lowest BCUT2D eigenvalue weighted by atomic mass is 10.1. The first-order valence-electron chi connectivity index (χ1n) is 8.95. The molecular weight excluding hydrogens is 390 g/mol. The third-order valence-electron chi connectivity index (χ3n) is 3.81. The largest absolute Gasteiger partial charge is 0.481 e. The third-order valence-corrected chi connectivity index (χ3v) is 3.81. The fourth-order valence-corrected chi connectivity index (χ4v) is 2.21. The monoisotopic (exact) mass is 419 g/mol. The molecule has 0 heterocycles. The van der Waals surface area contributed by atoms with E-state index < -0.39 is 66.9 Å². The fourth-order valence-electron chi connectivity index (χ4n) is 2.21. The summed E-state index contributed by atoms with van der Waals surface area (Å²) >= 11 is 0. The number of carbonyl (C=O) groups is 5. The number of carbonyl (C=O) groups excluding carboxylic acids is 3. The van der Waals surface area contributed by atoms with E-state index in [1.165, 1.54) is 0 Å². The number of unbranched alkanes of at least 4 members (excludes halogenated alkanes) is 1. The normalized spacial score (nSPS) is 14.8. The minimum absolute atomic E-state index is 0.366. The second kappa shape index (κ2) is 13.4. The zero-order chi connectivity index (χ0) is 22.6. The van der Waals surface area contributed by atoms with Crippen LogP contribution in [0, 0.1) is 0 Å². The van der Waals surface area contributed by atoms with Gasteiger partial charge in [0.2, 0.25) is 17.7 Å². The first-order valence-corrected chi connectivity index (χ1v) is 8.95. The van der Waals surface area contributed by atoms with Gasteiger partial charge in [0.05, 0.1) is 25.1 Å². The number of rotatable bonds is 14. The van der Waals surface area contributed by atoms with Crippen LogP contribution in [0.1, 0.15) is 32.6 Å². The maximum absolute atomic E-state index is 12.1. The van der Waals surface area contributed by atoms with Gasteiger partial charge in [-0.05, 0) is 26.3 Å². The summed E-state index contributed by atoms with van der Waals surface area (Å²) in [5.74, 6) is -5.56. The quantitative estimate of drug-likeness (QED) is 0.129. The van der Waals surface area contributed by atoms with Crippen molar-refractivity contribution in [3.05, 3.63) is 0 Å². The van der Waals surface area contributed by atoms with E-state index in [2.05, 4.69) is 10.6 Å². The van der Waals surface area contributed by atoms with Crippen molar-refractivity contribution in [3.8, 4) is 0 Å². The molecule has 0 aromatic rings. The molecule has 0 aliphatic carbocycles. The first-order chi connectivity index (χ1) is 13.5. The van der Waals surface area contributed by atoms with Gasteiger partial charge in [-0.15, -0.1) is 0 Å². The molecule has 0 spiro atoms. The molecule has 4 unspecified atom stereocenters. The van der Waals surface area contributed by atoms with E-state index in [1.807, 2.05) is 5.32 Å². The Balaban J connectivity index is 4.78. The average molecular weight is 419 g/mol. The zero-order valence-corrected chi connectivity index (χ0v) is 16.1. The standard InChI is InChI=1S/C16H29N5O8/c1-8(22)13(16(28)29)21-15(27)10(6-12(24)25)20-11(23)7-19-14(26)9(18)4-2-3-5-17/h8-10,13,22H,2-7,17-18H2,1H3,(H,19,26)(H,20,23)(H,21,27)(H,24,25)(H,28,29). The Kier molecular flexibility index (Phi) is 12.1. The van der Waals surface area contributed by atoms with E-state index in [9.17, 15) is 29.1 Å². The number of amides is 3. The number of aliphatic carboxylic acids is 2. The Hall–Kier alpha value is -2.77. The van der Waals surface area contributed by atoms with Gasteiger partial charge in [-0.25, -0.2) is 4.79 Å². The Morgan fingerprint density at radius 2 is 1.62 bits per heavy atom. The van der Waals surface area contributed by atoms with Crippen LogP contribution >= 0.6 is 0 Å². The SMILES string of the molecule is CC(O)C(NC(=O)C(CC(=O)O)NC(=O)CNC(=O)C(N)CCCCN)C(=O)O. The van der Waals surface area contributed by atoms with Gasteiger partial charge in [0.25, 0.3) is 0 Å². The van der Waals surface area contributed by atoms with Crippen molar-refractivity contribution < 1.29 is 39.3 Å². The summed E-state index contributed by atoms with van der Waals surface area (Å²) in [6.45, 7) is 1.02. The number of aliphatic hydroxyl groups is 1. The van der Waals surface area contributed by atoms with Gasteiger partial charge in [-0.1, -0.05) is 6.42 Å². The van der Waals surface area contributed by atoms with E-state index in [0.29, 0.717) is 25.8 Å². The lowest BCUT2D eigenvalue weighted by Crippen LogP contribution is -2.56. The van der Waals surface area contributed by atoms with Crippen LogP contribution in [0.25, 0.3) is 0 Å². The fraction of sp³-hybridized carbons (Fsp3) is 0.688. The van der Waals surface area contributed by atoms with Crippen molar-refractivity contribution >= 4 is 29.7 Å². The molecule has 0 saturated heterocycles. The highest BCUT2D eigenvalue weighted by Gasteiger charge is 2.30. The van der Waals surface area contributed by atoms with E-state index in [-0.39, 0.29) is 0 Å². The predicted molar refractivity (Wildman–Crippen MR) is 99.3 cm³/mol. The Bertz CT molecular complexity index is 598. The van der Waals surface area contributed by atoms with Crippen LogP contribution in [0.2, 0.25) is 0 Å².